The minimum atomic E-state index is -0.379. The lowest BCUT2D eigenvalue weighted by Crippen LogP contribution is -2.53. The van der Waals surface area contributed by atoms with Gasteiger partial charge in [0.1, 0.15) is 0 Å². The first-order valence-electron chi connectivity index (χ1n) is 7.93. The van der Waals surface area contributed by atoms with Crippen LogP contribution in [0, 0.1) is 23.2 Å². The molecule has 3 rings (SSSR count). The number of fused-ring (bicyclic) bond motifs is 1. The predicted molar refractivity (Wildman–Crippen MR) is 84.4 cm³/mol. The minimum Gasteiger partial charge on any atom is -0.352 e. The molecular weight excluding hydrogens is 260 g/mol. The molecule has 1 aromatic carbocycles. The van der Waals surface area contributed by atoms with Crippen LogP contribution < -0.4 is 11.1 Å². The van der Waals surface area contributed by atoms with Gasteiger partial charge >= 0.3 is 0 Å². The van der Waals surface area contributed by atoms with Crippen LogP contribution in [0.5, 0.6) is 0 Å². The molecule has 0 saturated heterocycles. The van der Waals surface area contributed by atoms with Crippen LogP contribution in [0.2, 0.25) is 0 Å². The summed E-state index contributed by atoms with van der Waals surface area (Å²) in [7, 11) is 0. The van der Waals surface area contributed by atoms with E-state index in [1.807, 2.05) is 37.3 Å². The first-order chi connectivity index (χ1) is 9.82. The van der Waals surface area contributed by atoms with Crippen molar-refractivity contribution in [2.75, 3.05) is 0 Å². The fraction of sp³-hybridized carbons (Fsp3) is 0.611. The van der Waals surface area contributed by atoms with E-state index in [1.165, 1.54) is 0 Å². The molecule has 2 fully saturated rings. The second-order valence-electron chi connectivity index (χ2n) is 7.74. The van der Waals surface area contributed by atoms with Crippen LogP contribution in [0.15, 0.2) is 30.3 Å². The van der Waals surface area contributed by atoms with Gasteiger partial charge in [-0.15, -0.1) is 0 Å². The number of carbonyl (C=O) groups excluding carboxylic acids is 1. The highest BCUT2D eigenvalue weighted by atomic mass is 16.1. The third-order valence-corrected chi connectivity index (χ3v) is 5.86. The lowest BCUT2D eigenvalue weighted by molar-refractivity contribution is -0.128. The Kier molecular flexibility index (Phi) is 3.36. The number of amides is 1. The molecule has 0 unspecified atom stereocenters. The highest BCUT2D eigenvalue weighted by molar-refractivity contribution is 5.80. The SMILES string of the molecule is CC1(C)[C@@H]2C[C@@H](C(=O)NCc3ccccc3)[C@@](C)(N)C[C@@H]21. The molecule has 4 atom stereocenters. The highest BCUT2D eigenvalue weighted by Gasteiger charge is 2.64. The first kappa shape index (κ1) is 14.6. The molecule has 3 heteroatoms. The molecule has 2 aliphatic rings. The largest absolute Gasteiger partial charge is 0.352 e. The lowest BCUT2D eigenvalue weighted by atomic mass is 9.74. The summed E-state index contributed by atoms with van der Waals surface area (Å²) in [5.41, 5.74) is 7.59. The van der Waals surface area contributed by atoms with Gasteiger partial charge in [0.2, 0.25) is 5.91 Å². The Hall–Kier alpha value is -1.35. The predicted octanol–water partition coefficient (Wildman–Crippen LogP) is 2.70. The van der Waals surface area contributed by atoms with Crippen LogP contribution in [0.3, 0.4) is 0 Å². The smallest absolute Gasteiger partial charge is 0.225 e. The summed E-state index contributed by atoms with van der Waals surface area (Å²) in [5.74, 6) is 1.42. The summed E-state index contributed by atoms with van der Waals surface area (Å²) in [5, 5.41) is 3.07. The van der Waals surface area contributed by atoms with Crippen molar-refractivity contribution in [2.45, 2.75) is 45.7 Å². The number of carbonyl (C=O) groups is 1. The molecule has 2 saturated carbocycles. The number of hydrogen-bond acceptors (Lipinski definition) is 2. The maximum Gasteiger partial charge on any atom is 0.225 e. The number of nitrogens with one attached hydrogen (secondary N) is 1. The van der Waals surface area contributed by atoms with Crippen LogP contribution in [-0.4, -0.2) is 11.4 Å². The number of nitrogens with two attached hydrogens (primary N) is 1. The first-order valence-corrected chi connectivity index (χ1v) is 7.93. The standard InChI is InChI=1S/C18H26N2O/c1-17(2)13-9-14(18(3,19)10-15(13)17)16(21)20-11-12-7-5-4-6-8-12/h4-8,13-15H,9-11,19H2,1-3H3,(H,20,21)/t13-,14+,15+,18+/m1/s1. The molecule has 21 heavy (non-hydrogen) atoms. The quantitative estimate of drug-likeness (QED) is 0.897. The summed E-state index contributed by atoms with van der Waals surface area (Å²) in [6, 6.07) is 10.0. The Morgan fingerprint density at radius 3 is 2.57 bits per heavy atom. The maximum absolute atomic E-state index is 12.6. The van der Waals surface area contributed by atoms with Gasteiger partial charge in [-0.2, -0.15) is 0 Å². The zero-order valence-electron chi connectivity index (χ0n) is 13.2. The fourth-order valence-electron chi connectivity index (χ4n) is 4.18. The van der Waals surface area contributed by atoms with E-state index in [-0.39, 0.29) is 17.4 Å². The summed E-state index contributed by atoms with van der Waals surface area (Å²) >= 11 is 0. The topological polar surface area (TPSA) is 55.1 Å². The van der Waals surface area contributed by atoms with E-state index in [0.29, 0.717) is 23.8 Å². The monoisotopic (exact) mass is 286 g/mol. The van der Waals surface area contributed by atoms with E-state index < -0.39 is 0 Å². The van der Waals surface area contributed by atoms with Gasteiger partial charge in [-0.25, -0.2) is 0 Å². The molecule has 3 N–H and O–H groups in total. The second kappa shape index (κ2) is 4.84. The van der Waals surface area contributed by atoms with Crippen molar-refractivity contribution in [3.63, 3.8) is 0 Å². The fourth-order valence-corrected chi connectivity index (χ4v) is 4.18. The van der Waals surface area contributed by atoms with Crippen LogP contribution in [0.4, 0.5) is 0 Å². The van der Waals surface area contributed by atoms with Crippen molar-refractivity contribution in [2.24, 2.45) is 28.9 Å². The molecule has 2 aliphatic carbocycles. The van der Waals surface area contributed by atoms with E-state index >= 15 is 0 Å². The van der Waals surface area contributed by atoms with E-state index in [0.717, 1.165) is 18.4 Å². The number of benzene rings is 1. The van der Waals surface area contributed by atoms with Gasteiger partial charge < -0.3 is 11.1 Å². The average molecular weight is 286 g/mol. The van der Waals surface area contributed by atoms with Gasteiger partial charge in [-0.3, -0.25) is 4.79 Å². The molecule has 0 spiro atoms. The molecule has 0 heterocycles. The van der Waals surface area contributed by atoms with Crippen molar-refractivity contribution >= 4 is 5.91 Å². The van der Waals surface area contributed by atoms with E-state index in [1.54, 1.807) is 0 Å². The Labute approximate surface area is 127 Å². The molecule has 3 nitrogen and oxygen atoms in total. The maximum atomic E-state index is 12.6. The van der Waals surface area contributed by atoms with Crippen LogP contribution in [-0.2, 0) is 11.3 Å². The van der Waals surface area contributed by atoms with Crippen LogP contribution in [0.1, 0.15) is 39.2 Å². The van der Waals surface area contributed by atoms with Gasteiger partial charge in [0.25, 0.3) is 0 Å². The summed E-state index contributed by atoms with van der Waals surface area (Å²) in [6.45, 7) is 7.25. The Morgan fingerprint density at radius 1 is 1.24 bits per heavy atom. The highest BCUT2D eigenvalue weighted by Crippen LogP contribution is 2.67. The lowest BCUT2D eigenvalue weighted by Gasteiger charge is -2.36. The molecule has 1 amide bonds. The number of rotatable bonds is 3. The summed E-state index contributed by atoms with van der Waals surface area (Å²) < 4.78 is 0. The molecule has 0 aliphatic heterocycles. The van der Waals surface area contributed by atoms with Crippen molar-refractivity contribution < 1.29 is 4.79 Å². The van der Waals surface area contributed by atoms with Crippen molar-refractivity contribution in [1.29, 1.82) is 0 Å². The molecule has 0 radical (unpaired) electrons. The van der Waals surface area contributed by atoms with Gasteiger partial charge in [-0.05, 0) is 42.6 Å². The number of hydrogen-bond donors (Lipinski definition) is 2. The summed E-state index contributed by atoms with van der Waals surface area (Å²) in [6.07, 6.45) is 1.90. The Bertz CT molecular complexity index is 535. The molecule has 1 aromatic rings. The summed E-state index contributed by atoms with van der Waals surface area (Å²) in [4.78, 5) is 12.6. The van der Waals surface area contributed by atoms with Gasteiger partial charge in [0.05, 0.1) is 5.92 Å². The zero-order valence-corrected chi connectivity index (χ0v) is 13.2. The van der Waals surface area contributed by atoms with Gasteiger partial charge in [0.15, 0.2) is 0 Å². The van der Waals surface area contributed by atoms with Gasteiger partial charge in [0, 0.05) is 12.1 Å². The average Bonchev–Trinajstić information content (AvgIpc) is 2.95. The molecular formula is C18H26N2O. The third-order valence-electron chi connectivity index (χ3n) is 5.86. The second-order valence-corrected chi connectivity index (χ2v) is 7.74. The van der Waals surface area contributed by atoms with E-state index in [4.69, 9.17) is 5.73 Å². The molecule has 0 aromatic heterocycles. The Balaban J connectivity index is 1.64. The van der Waals surface area contributed by atoms with Crippen molar-refractivity contribution in [3.8, 4) is 0 Å². The van der Waals surface area contributed by atoms with Gasteiger partial charge in [-0.1, -0.05) is 44.2 Å². The van der Waals surface area contributed by atoms with Crippen molar-refractivity contribution in [1.82, 2.24) is 5.32 Å². The van der Waals surface area contributed by atoms with E-state index in [9.17, 15) is 4.79 Å². The van der Waals surface area contributed by atoms with Crippen LogP contribution in [0.25, 0.3) is 0 Å². The Morgan fingerprint density at radius 2 is 1.90 bits per heavy atom. The molecule has 114 valence electrons. The zero-order chi connectivity index (χ0) is 15.3. The third kappa shape index (κ3) is 2.59. The van der Waals surface area contributed by atoms with Crippen LogP contribution >= 0.6 is 0 Å². The van der Waals surface area contributed by atoms with E-state index in [2.05, 4.69) is 19.2 Å². The minimum absolute atomic E-state index is 0.0655. The molecule has 0 bridgehead atoms. The normalized spacial score (nSPS) is 36.7. The van der Waals surface area contributed by atoms with Crippen molar-refractivity contribution in [3.05, 3.63) is 35.9 Å².